The van der Waals surface area contributed by atoms with Gasteiger partial charge in [-0.2, -0.15) is 0 Å². The maximum atomic E-state index is 13.2. The summed E-state index contributed by atoms with van der Waals surface area (Å²) in [5.41, 5.74) is 6.92. The van der Waals surface area contributed by atoms with E-state index in [0.29, 0.717) is 23.6 Å². The molecule has 0 aromatic heterocycles. The highest BCUT2D eigenvalue weighted by atomic mass is 16.2. The molecule has 13 nitrogen and oxygen atoms in total. The molecule has 6 rings (SSSR count). The molecule has 1 aromatic carbocycles. The number of piperazine rings is 2. The van der Waals surface area contributed by atoms with Crippen LogP contribution in [0.4, 0.5) is 5.69 Å². The van der Waals surface area contributed by atoms with Gasteiger partial charge >= 0.3 is 0 Å². The van der Waals surface area contributed by atoms with Crippen LogP contribution in [0.5, 0.6) is 0 Å². The lowest BCUT2D eigenvalue weighted by Gasteiger charge is -2.43. The molecule has 4 saturated heterocycles. The Kier molecular flexibility index (Phi) is 7.77. The zero-order valence-corrected chi connectivity index (χ0v) is 23.1. The highest BCUT2D eigenvalue weighted by molar-refractivity contribution is 6.23. The number of carbonyl (C=O) groups is 5. The van der Waals surface area contributed by atoms with Gasteiger partial charge in [0.2, 0.25) is 17.7 Å². The molecule has 0 spiro atoms. The first-order valence-electron chi connectivity index (χ1n) is 14.6. The molecule has 5 N–H and O–H groups in total. The van der Waals surface area contributed by atoms with Crippen LogP contribution in [-0.4, -0.2) is 121 Å². The fourth-order valence-electron chi connectivity index (χ4n) is 6.77. The molecule has 0 aliphatic carbocycles. The van der Waals surface area contributed by atoms with Gasteiger partial charge in [-0.25, -0.2) is 0 Å². The smallest absolute Gasteiger partial charge is 0.262 e. The maximum absolute atomic E-state index is 13.2. The minimum atomic E-state index is -0.955. The summed E-state index contributed by atoms with van der Waals surface area (Å²) >= 11 is 0. The van der Waals surface area contributed by atoms with Crippen molar-refractivity contribution in [2.24, 2.45) is 11.7 Å². The van der Waals surface area contributed by atoms with E-state index in [1.807, 2.05) is 6.07 Å². The van der Waals surface area contributed by atoms with E-state index < -0.39 is 23.8 Å². The third kappa shape index (κ3) is 5.59. The molecule has 3 unspecified atom stereocenters. The number of hydrogen-bond acceptors (Lipinski definition) is 10. The molecule has 0 saturated carbocycles. The Balaban J connectivity index is 0.983. The van der Waals surface area contributed by atoms with Crippen molar-refractivity contribution in [3.63, 3.8) is 0 Å². The Morgan fingerprint density at radius 1 is 0.878 bits per heavy atom. The van der Waals surface area contributed by atoms with Crippen molar-refractivity contribution in [3.05, 3.63) is 29.3 Å². The van der Waals surface area contributed by atoms with Gasteiger partial charge in [-0.3, -0.25) is 49.3 Å². The van der Waals surface area contributed by atoms with Crippen molar-refractivity contribution in [2.75, 3.05) is 63.8 Å². The molecule has 0 bridgehead atoms. The zero-order valence-electron chi connectivity index (χ0n) is 23.1. The number of nitrogens with one attached hydrogen (secondary N) is 3. The van der Waals surface area contributed by atoms with Gasteiger partial charge in [0.1, 0.15) is 6.04 Å². The summed E-state index contributed by atoms with van der Waals surface area (Å²) in [5.74, 6) is -1.60. The monoisotopic (exact) mass is 566 g/mol. The summed E-state index contributed by atoms with van der Waals surface area (Å²) in [6.45, 7) is 7.93. The summed E-state index contributed by atoms with van der Waals surface area (Å²) in [7, 11) is 0. The number of amides is 5. The van der Waals surface area contributed by atoms with Crippen molar-refractivity contribution in [1.82, 2.24) is 30.7 Å². The molecule has 5 amide bonds. The number of rotatable bonds is 6. The van der Waals surface area contributed by atoms with Gasteiger partial charge in [-0.15, -0.1) is 0 Å². The number of anilines is 1. The number of nitrogens with zero attached hydrogens (tertiary/aromatic N) is 4. The lowest BCUT2D eigenvalue weighted by molar-refractivity contribution is -0.136. The number of benzene rings is 1. The van der Waals surface area contributed by atoms with Crippen molar-refractivity contribution in [3.8, 4) is 0 Å². The van der Waals surface area contributed by atoms with Gasteiger partial charge in [0.25, 0.3) is 11.8 Å². The first-order valence-corrected chi connectivity index (χ1v) is 14.6. The predicted octanol–water partition coefficient (Wildman–Crippen LogP) is -1.71. The highest BCUT2D eigenvalue weighted by Gasteiger charge is 2.45. The lowest BCUT2D eigenvalue weighted by atomic mass is 9.95. The van der Waals surface area contributed by atoms with Crippen molar-refractivity contribution < 1.29 is 24.0 Å². The molecule has 3 atom stereocenters. The average Bonchev–Trinajstić information content (AvgIpc) is 3.23. The van der Waals surface area contributed by atoms with E-state index in [2.05, 4.69) is 30.7 Å². The van der Waals surface area contributed by atoms with E-state index in [9.17, 15) is 24.0 Å². The van der Waals surface area contributed by atoms with Crippen LogP contribution in [0.25, 0.3) is 0 Å². The van der Waals surface area contributed by atoms with Crippen molar-refractivity contribution in [1.29, 1.82) is 0 Å². The SMILES string of the molecule is NC(=O)C1CNC(N2CCC(CN3CCN(c4ccc5c(c4)C(=O)N(C4CCC(=O)NC4=O)C5=O)CC3)CC2)CN1. The lowest BCUT2D eigenvalue weighted by Crippen LogP contribution is -2.64. The second-order valence-corrected chi connectivity index (χ2v) is 11.7. The molecule has 5 aliphatic heterocycles. The predicted molar refractivity (Wildman–Crippen MR) is 149 cm³/mol. The van der Waals surface area contributed by atoms with Crippen LogP contribution >= 0.6 is 0 Å². The van der Waals surface area contributed by atoms with E-state index in [1.54, 1.807) is 12.1 Å². The summed E-state index contributed by atoms with van der Waals surface area (Å²) in [6.07, 6.45) is 2.77. The van der Waals surface area contributed by atoms with E-state index >= 15 is 0 Å². The van der Waals surface area contributed by atoms with Gasteiger partial charge < -0.3 is 16.0 Å². The third-order valence-electron chi connectivity index (χ3n) is 9.23. The number of nitrogens with two attached hydrogens (primary N) is 1. The van der Waals surface area contributed by atoms with Crippen LogP contribution in [0.3, 0.4) is 0 Å². The van der Waals surface area contributed by atoms with Gasteiger partial charge in [-0.05, 0) is 56.5 Å². The van der Waals surface area contributed by atoms with Crippen LogP contribution in [0.2, 0.25) is 0 Å². The molecule has 41 heavy (non-hydrogen) atoms. The quantitative estimate of drug-likeness (QED) is 0.292. The molecule has 220 valence electrons. The number of imide groups is 2. The summed E-state index contributed by atoms with van der Waals surface area (Å²) in [4.78, 5) is 69.6. The fourth-order valence-corrected chi connectivity index (χ4v) is 6.77. The zero-order chi connectivity index (χ0) is 28.7. The molecular formula is C28H38N8O5. The summed E-state index contributed by atoms with van der Waals surface area (Å²) in [5, 5.41) is 8.93. The number of hydrogen-bond donors (Lipinski definition) is 4. The van der Waals surface area contributed by atoms with Gasteiger partial charge in [-0.1, -0.05) is 0 Å². The normalized spacial score (nSPS) is 28.6. The molecule has 0 radical (unpaired) electrons. The number of primary amides is 1. The second kappa shape index (κ2) is 11.5. The van der Waals surface area contributed by atoms with E-state index in [-0.39, 0.29) is 36.9 Å². The number of carbonyl (C=O) groups excluding carboxylic acids is 5. The minimum Gasteiger partial charge on any atom is -0.369 e. The Morgan fingerprint density at radius 3 is 2.27 bits per heavy atom. The second-order valence-electron chi connectivity index (χ2n) is 11.7. The van der Waals surface area contributed by atoms with Crippen LogP contribution in [0.1, 0.15) is 46.4 Å². The number of fused-ring (bicyclic) bond motifs is 1. The fraction of sp³-hybridized carbons (Fsp3) is 0.607. The van der Waals surface area contributed by atoms with Crippen LogP contribution in [0, 0.1) is 5.92 Å². The number of piperidine rings is 2. The van der Waals surface area contributed by atoms with Crippen LogP contribution in [0.15, 0.2) is 18.2 Å². The first kappa shape index (κ1) is 27.8. The first-order chi connectivity index (χ1) is 19.8. The van der Waals surface area contributed by atoms with Crippen molar-refractivity contribution in [2.45, 2.75) is 43.9 Å². The highest BCUT2D eigenvalue weighted by Crippen LogP contribution is 2.31. The van der Waals surface area contributed by atoms with Gasteiger partial charge in [0.05, 0.1) is 23.3 Å². The molecule has 4 fully saturated rings. The van der Waals surface area contributed by atoms with E-state index in [4.69, 9.17) is 5.73 Å². The summed E-state index contributed by atoms with van der Waals surface area (Å²) < 4.78 is 0. The van der Waals surface area contributed by atoms with Crippen LogP contribution < -0.4 is 26.6 Å². The Morgan fingerprint density at radius 2 is 1.61 bits per heavy atom. The minimum absolute atomic E-state index is 0.104. The average molecular weight is 567 g/mol. The standard InChI is InChI=1S/C28H38N8O5/c29-25(38)21-14-31-23(15-30-21)35-7-5-17(6-8-35)16-33-9-11-34(12-10-33)18-1-2-19-20(13-18)28(41)36(27(19)40)22-3-4-24(37)32-26(22)39/h1-2,13,17,21-23,30-31H,3-12,14-16H2,(H2,29,38)(H,32,37,39). The maximum Gasteiger partial charge on any atom is 0.262 e. The molecular weight excluding hydrogens is 528 g/mol. The largest absolute Gasteiger partial charge is 0.369 e. The Hall–Kier alpha value is -3.39. The van der Waals surface area contributed by atoms with Crippen molar-refractivity contribution >= 4 is 35.2 Å². The number of likely N-dealkylation sites (tertiary alicyclic amines) is 1. The summed E-state index contributed by atoms with van der Waals surface area (Å²) in [6, 6.07) is 4.08. The van der Waals surface area contributed by atoms with E-state index in [1.165, 1.54) is 0 Å². The third-order valence-corrected chi connectivity index (χ3v) is 9.23. The molecule has 5 heterocycles. The Labute approximate surface area is 238 Å². The van der Waals surface area contributed by atoms with E-state index in [0.717, 1.165) is 75.8 Å². The van der Waals surface area contributed by atoms with Crippen LogP contribution in [-0.2, 0) is 14.4 Å². The van der Waals surface area contributed by atoms with Gasteiger partial charge in [0.15, 0.2) is 0 Å². The Bertz CT molecular complexity index is 1230. The molecule has 1 aromatic rings. The topological polar surface area (TPSA) is 160 Å². The molecule has 13 heteroatoms. The molecule has 5 aliphatic rings. The van der Waals surface area contributed by atoms with Gasteiger partial charge in [0, 0.05) is 57.9 Å².